The van der Waals surface area contributed by atoms with Gasteiger partial charge in [-0.1, -0.05) is 54.1 Å². The predicted octanol–water partition coefficient (Wildman–Crippen LogP) is 5.37. The number of hydrogen-bond acceptors (Lipinski definition) is 5. The van der Waals surface area contributed by atoms with Crippen molar-refractivity contribution < 1.29 is 24.2 Å². The highest BCUT2D eigenvalue weighted by atomic mass is 35.5. The molecule has 1 saturated heterocycles. The summed E-state index contributed by atoms with van der Waals surface area (Å²) in [4.78, 5) is 27.9. The Labute approximate surface area is 203 Å². The lowest BCUT2D eigenvalue weighted by atomic mass is 9.95. The molecule has 1 fully saturated rings. The van der Waals surface area contributed by atoms with Gasteiger partial charge in [-0.3, -0.25) is 9.59 Å². The molecule has 4 rings (SSSR count). The van der Waals surface area contributed by atoms with Gasteiger partial charge in [0, 0.05) is 16.1 Å². The van der Waals surface area contributed by atoms with Crippen LogP contribution in [0.4, 0.5) is 0 Å². The first-order valence-electron chi connectivity index (χ1n) is 10.8. The number of aliphatic hydroxyl groups excluding tert-OH is 1. The Kier molecular flexibility index (Phi) is 6.89. The minimum atomic E-state index is -0.806. The van der Waals surface area contributed by atoms with Crippen molar-refractivity contribution in [2.45, 2.75) is 19.5 Å². The van der Waals surface area contributed by atoms with Gasteiger partial charge in [-0.05, 0) is 42.8 Å². The number of carbonyl (C=O) groups excluding carboxylic acids is 2. The van der Waals surface area contributed by atoms with E-state index in [4.69, 9.17) is 21.1 Å². The van der Waals surface area contributed by atoms with Crippen LogP contribution in [0.3, 0.4) is 0 Å². The Bertz CT molecular complexity index is 1250. The third-order valence-corrected chi connectivity index (χ3v) is 5.91. The van der Waals surface area contributed by atoms with Gasteiger partial charge in [0.1, 0.15) is 17.3 Å². The summed E-state index contributed by atoms with van der Waals surface area (Å²) in [5.41, 5.74) is 1.77. The summed E-state index contributed by atoms with van der Waals surface area (Å²) in [6.07, 6.45) is 0. The average molecular weight is 478 g/mol. The van der Waals surface area contributed by atoms with Gasteiger partial charge in [-0.15, -0.1) is 0 Å². The molecule has 6 nitrogen and oxygen atoms in total. The molecular formula is C27H24ClNO5. The summed E-state index contributed by atoms with van der Waals surface area (Å²) >= 11 is 6.11. The quantitative estimate of drug-likeness (QED) is 0.281. The first-order chi connectivity index (χ1) is 16.4. The zero-order valence-corrected chi connectivity index (χ0v) is 19.6. The van der Waals surface area contributed by atoms with Crippen LogP contribution >= 0.6 is 11.6 Å². The third kappa shape index (κ3) is 4.50. The number of carbonyl (C=O) groups is 2. The van der Waals surface area contributed by atoms with E-state index in [9.17, 15) is 14.7 Å². The molecule has 1 aliphatic rings. The summed E-state index contributed by atoms with van der Waals surface area (Å²) < 4.78 is 11.0. The van der Waals surface area contributed by atoms with Crippen LogP contribution in [0.5, 0.6) is 11.5 Å². The van der Waals surface area contributed by atoms with Crippen molar-refractivity contribution in [1.82, 2.24) is 4.90 Å². The molecule has 7 heteroatoms. The average Bonchev–Trinajstić information content (AvgIpc) is 3.09. The fourth-order valence-electron chi connectivity index (χ4n) is 4.11. The number of amides is 1. The SMILES string of the molecule is CCOc1ccc(C2/C(=C(/O)c3cccc(Cl)c3)C(=O)C(=O)N2Cc2ccccc2OC)cc1. The minimum absolute atomic E-state index is 0.00586. The summed E-state index contributed by atoms with van der Waals surface area (Å²) in [7, 11) is 1.55. The van der Waals surface area contributed by atoms with Crippen LogP contribution in [0.2, 0.25) is 5.02 Å². The highest BCUT2D eigenvalue weighted by Gasteiger charge is 2.46. The number of ketones is 1. The molecule has 1 unspecified atom stereocenters. The summed E-state index contributed by atoms with van der Waals surface area (Å²) in [6.45, 7) is 2.53. The number of halogens is 1. The number of nitrogens with zero attached hydrogens (tertiary/aromatic N) is 1. The normalized spacial score (nSPS) is 17.1. The van der Waals surface area contributed by atoms with Gasteiger partial charge < -0.3 is 19.5 Å². The van der Waals surface area contributed by atoms with E-state index in [1.165, 1.54) is 4.90 Å². The Morgan fingerprint density at radius 2 is 1.76 bits per heavy atom. The second-order valence-electron chi connectivity index (χ2n) is 7.75. The molecule has 3 aromatic rings. The first-order valence-corrected chi connectivity index (χ1v) is 11.2. The molecule has 0 aliphatic carbocycles. The monoisotopic (exact) mass is 477 g/mol. The van der Waals surface area contributed by atoms with Crippen LogP contribution in [0.1, 0.15) is 29.7 Å². The fourth-order valence-corrected chi connectivity index (χ4v) is 4.30. The van der Waals surface area contributed by atoms with Crippen molar-refractivity contribution in [3.63, 3.8) is 0 Å². The second-order valence-corrected chi connectivity index (χ2v) is 8.19. The number of hydrogen-bond donors (Lipinski definition) is 1. The lowest BCUT2D eigenvalue weighted by Gasteiger charge is -2.26. The van der Waals surface area contributed by atoms with E-state index >= 15 is 0 Å². The molecule has 0 saturated carbocycles. The van der Waals surface area contributed by atoms with E-state index in [0.717, 1.165) is 5.56 Å². The van der Waals surface area contributed by atoms with Gasteiger partial charge in [-0.25, -0.2) is 0 Å². The number of rotatable bonds is 7. The summed E-state index contributed by atoms with van der Waals surface area (Å²) in [5, 5.41) is 11.6. The van der Waals surface area contributed by atoms with Crippen molar-refractivity contribution in [3.05, 3.63) is 100 Å². The van der Waals surface area contributed by atoms with Crippen molar-refractivity contribution in [2.24, 2.45) is 0 Å². The maximum Gasteiger partial charge on any atom is 0.295 e. The minimum Gasteiger partial charge on any atom is -0.507 e. The molecule has 34 heavy (non-hydrogen) atoms. The number of likely N-dealkylation sites (tertiary alicyclic amines) is 1. The van der Waals surface area contributed by atoms with Crippen LogP contribution in [0.25, 0.3) is 5.76 Å². The molecule has 0 bridgehead atoms. The standard InChI is InChI=1S/C27H24ClNO5/c1-3-34-21-13-11-17(12-14-21)24-23(25(30)18-8-6-9-20(28)15-18)26(31)27(32)29(24)16-19-7-4-5-10-22(19)33-2/h4-15,24,30H,3,16H2,1-2H3/b25-23-. The van der Waals surface area contributed by atoms with Crippen molar-refractivity contribution in [2.75, 3.05) is 13.7 Å². The molecule has 3 aromatic carbocycles. The van der Waals surface area contributed by atoms with Crippen LogP contribution < -0.4 is 9.47 Å². The number of aliphatic hydroxyl groups is 1. The predicted molar refractivity (Wildman–Crippen MR) is 130 cm³/mol. The van der Waals surface area contributed by atoms with Crippen molar-refractivity contribution in [3.8, 4) is 11.5 Å². The Hall–Kier alpha value is -3.77. The lowest BCUT2D eigenvalue weighted by Crippen LogP contribution is -2.29. The largest absolute Gasteiger partial charge is 0.507 e. The molecule has 0 aromatic heterocycles. The van der Waals surface area contributed by atoms with Crippen molar-refractivity contribution >= 4 is 29.1 Å². The van der Waals surface area contributed by atoms with E-state index in [0.29, 0.717) is 34.3 Å². The molecule has 0 spiro atoms. The van der Waals surface area contributed by atoms with Crippen LogP contribution in [0.15, 0.2) is 78.4 Å². The first kappa shape index (κ1) is 23.4. The zero-order chi connectivity index (χ0) is 24.2. The number of ether oxygens (including phenoxy) is 2. The molecule has 1 atom stereocenters. The molecule has 1 heterocycles. The van der Waals surface area contributed by atoms with E-state index in [2.05, 4.69) is 0 Å². The summed E-state index contributed by atoms with van der Waals surface area (Å²) in [6, 6.07) is 20.2. The van der Waals surface area contributed by atoms with Gasteiger partial charge in [-0.2, -0.15) is 0 Å². The van der Waals surface area contributed by atoms with Crippen LogP contribution in [-0.4, -0.2) is 35.4 Å². The maximum absolute atomic E-state index is 13.2. The topological polar surface area (TPSA) is 76.1 Å². The van der Waals surface area contributed by atoms with Gasteiger partial charge in [0.25, 0.3) is 11.7 Å². The van der Waals surface area contributed by atoms with E-state index in [1.54, 1.807) is 61.7 Å². The molecule has 174 valence electrons. The van der Waals surface area contributed by atoms with Gasteiger partial charge in [0.2, 0.25) is 0 Å². The second kappa shape index (κ2) is 10.0. The Balaban J connectivity index is 1.85. The fraction of sp³-hybridized carbons (Fsp3) is 0.185. The lowest BCUT2D eigenvalue weighted by molar-refractivity contribution is -0.140. The Morgan fingerprint density at radius 1 is 1.03 bits per heavy atom. The number of methoxy groups -OCH3 is 1. The molecule has 0 radical (unpaired) electrons. The van der Waals surface area contributed by atoms with Crippen LogP contribution in [-0.2, 0) is 16.1 Å². The van der Waals surface area contributed by atoms with Crippen LogP contribution in [0, 0.1) is 0 Å². The molecular weight excluding hydrogens is 454 g/mol. The summed E-state index contributed by atoms with van der Waals surface area (Å²) in [5.74, 6) is -0.464. The number of benzene rings is 3. The van der Waals surface area contributed by atoms with E-state index in [-0.39, 0.29) is 17.9 Å². The molecule has 1 aliphatic heterocycles. The zero-order valence-electron chi connectivity index (χ0n) is 18.8. The third-order valence-electron chi connectivity index (χ3n) is 5.68. The van der Waals surface area contributed by atoms with Gasteiger partial charge >= 0.3 is 0 Å². The van der Waals surface area contributed by atoms with Crippen molar-refractivity contribution in [1.29, 1.82) is 0 Å². The van der Waals surface area contributed by atoms with E-state index < -0.39 is 17.7 Å². The number of para-hydroxylation sites is 1. The number of Topliss-reactive ketones (excluding diaryl/α,β-unsaturated/α-hetero) is 1. The molecule has 1 N–H and O–H groups in total. The Morgan fingerprint density at radius 3 is 2.44 bits per heavy atom. The highest BCUT2D eigenvalue weighted by Crippen LogP contribution is 2.41. The highest BCUT2D eigenvalue weighted by molar-refractivity contribution is 6.46. The van der Waals surface area contributed by atoms with Gasteiger partial charge in [0.05, 0.1) is 31.9 Å². The van der Waals surface area contributed by atoms with Gasteiger partial charge in [0.15, 0.2) is 0 Å². The molecule has 1 amide bonds. The maximum atomic E-state index is 13.2. The van der Waals surface area contributed by atoms with E-state index in [1.807, 2.05) is 25.1 Å². The smallest absolute Gasteiger partial charge is 0.295 e.